The Labute approximate surface area is 120 Å². The van der Waals surface area contributed by atoms with Crippen molar-refractivity contribution >= 4 is 5.82 Å². The summed E-state index contributed by atoms with van der Waals surface area (Å²) in [6.45, 7) is 4.30. The molecule has 1 aliphatic carbocycles. The minimum Gasteiger partial charge on any atom is -0.388 e. The molecule has 4 nitrogen and oxygen atoms in total. The first-order valence-corrected chi connectivity index (χ1v) is 7.39. The van der Waals surface area contributed by atoms with Gasteiger partial charge in [0.25, 0.3) is 0 Å². The Balaban J connectivity index is 2.12. The summed E-state index contributed by atoms with van der Waals surface area (Å²) in [6.07, 6.45) is 6.20. The van der Waals surface area contributed by atoms with Crippen LogP contribution >= 0.6 is 0 Å². The summed E-state index contributed by atoms with van der Waals surface area (Å²) in [6, 6.07) is 4.10. The molecule has 1 aliphatic rings. The number of anilines is 1. The van der Waals surface area contributed by atoms with Gasteiger partial charge in [0.15, 0.2) is 0 Å². The molecule has 0 amide bonds. The molecule has 0 saturated heterocycles. The normalized spacial score (nSPS) is 18.1. The topological polar surface area (TPSA) is 68.9 Å². The van der Waals surface area contributed by atoms with Crippen LogP contribution in [0.2, 0.25) is 0 Å². The quantitative estimate of drug-likeness (QED) is 0.830. The Morgan fingerprint density at radius 2 is 1.95 bits per heavy atom. The molecular formula is C16H23N3O. The molecule has 0 aliphatic heterocycles. The standard InChI is InChI=1S/C16H23N3O/c1-12-9-13(2)19-15(14(12)10-17)18-11-16(20)7-5-3-4-6-8-16/h9,20H,3-8,11H2,1-2H3,(H,18,19). The van der Waals surface area contributed by atoms with Crippen LogP contribution < -0.4 is 5.32 Å². The number of aliphatic hydroxyl groups is 1. The first-order valence-electron chi connectivity index (χ1n) is 7.39. The van der Waals surface area contributed by atoms with E-state index in [0.717, 1.165) is 36.9 Å². The van der Waals surface area contributed by atoms with Crippen molar-refractivity contribution in [3.05, 3.63) is 22.9 Å². The van der Waals surface area contributed by atoms with E-state index in [4.69, 9.17) is 0 Å². The van der Waals surface area contributed by atoms with E-state index in [1.54, 1.807) is 0 Å². The maximum Gasteiger partial charge on any atom is 0.144 e. The molecular weight excluding hydrogens is 250 g/mol. The van der Waals surface area contributed by atoms with Crippen LogP contribution in [0, 0.1) is 25.2 Å². The van der Waals surface area contributed by atoms with Crippen molar-refractivity contribution in [3.8, 4) is 6.07 Å². The SMILES string of the molecule is Cc1cc(C)c(C#N)c(NCC2(O)CCCCCC2)n1. The van der Waals surface area contributed by atoms with Crippen molar-refractivity contribution in [2.24, 2.45) is 0 Å². The maximum absolute atomic E-state index is 10.6. The van der Waals surface area contributed by atoms with E-state index in [2.05, 4.69) is 16.4 Å². The molecule has 0 radical (unpaired) electrons. The summed E-state index contributed by atoms with van der Waals surface area (Å²) in [4.78, 5) is 4.40. The van der Waals surface area contributed by atoms with E-state index >= 15 is 0 Å². The number of aromatic nitrogens is 1. The van der Waals surface area contributed by atoms with E-state index in [1.807, 2.05) is 19.9 Å². The molecule has 2 rings (SSSR count). The smallest absolute Gasteiger partial charge is 0.144 e. The Morgan fingerprint density at radius 3 is 2.55 bits per heavy atom. The van der Waals surface area contributed by atoms with Gasteiger partial charge in [0.2, 0.25) is 0 Å². The molecule has 4 heteroatoms. The maximum atomic E-state index is 10.6. The van der Waals surface area contributed by atoms with E-state index in [9.17, 15) is 10.4 Å². The van der Waals surface area contributed by atoms with Gasteiger partial charge in [-0.15, -0.1) is 0 Å². The number of aryl methyl sites for hydroxylation is 2. The summed E-state index contributed by atoms with van der Waals surface area (Å²) in [5.41, 5.74) is 1.72. The molecule has 20 heavy (non-hydrogen) atoms. The first-order chi connectivity index (χ1) is 9.54. The van der Waals surface area contributed by atoms with Gasteiger partial charge in [0, 0.05) is 12.2 Å². The fraction of sp³-hybridized carbons (Fsp3) is 0.625. The Kier molecular flexibility index (Phi) is 4.61. The van der Waals surface area contributed by atoms with Crippen LogP contribution in [0.25, 0.3) is 0 Å². The van der Waals surface area contributed by atoms with Crippen molar-refractivity contribution in [2.75, 3.05) is 11.9 Å². The van der Waals surface area contributed by atoms with Gasteiger partial charge in [-0.1, -0.05) is 25.7 Å². The third-order valence-corrected chi connectivity index (χ3v) is 4.08. The average molecular weight is 273 g/mol. The summed E-state index contributed by atoms with van der Waals surface area (Å²) in [5.74, 6) is 0.600. The number of pyridine rings is 1. The predicted octanol–water partition coefficient (Wildman–Crippen LogP) is 3.07. The third-order valence-electron chi connectivity index (χ3n) is 4.08. The lowest BCUT2D eigenvalue weighted by atomic mass is 9.94. The second-order valence-electron chi connectivity index (χ2n) is 5.91. The fourth-order valence-electron chi connectivity index (χ4n) is 2.92. The van der Waals surface area contributed by atoms with Crippen LogP contribution in [0.4, 0.5) is 5.82 Å². The van der Waals surface area contributed by atoms with Gasteiger partial charge < -0.3 is 10.4 Å². The molecule has 0 aromatic carbocycles. The van der Waals surface area contributed by atoms with E-state index in [1.165, 1.54) is 12.8 Å². The van der Waals surface area contributed by atoms with Gasteiger partial charge in [0.05, 0.1) is 11.2 Å². The molecule has 1 aromatic heterocycles. The zero-order valence-electron chi connectivity index (χ0n) is 12.4. The number of nitriles is 1. The lowest BCUT2D eigenvalue weighted by Gasteiger charge is -2.27. The van der Waals surface area contributed by atoms with E-state index in [-0.39, 0.29) is 0 Å². The van der Waals surface area contributed by atoms with Crippen LogP contribution in [0.5, 0.6) is 0 Å². The molecule has 108 valence electrons. The monoisotopic (exact) mass is 273 g/mol. The highest BCUT2D eigenvalue weighted by atomic mass is 16.3. The van der Waals surface area contributed by atoms with Crippen molar-refractivity contribution in [3.63, 3.8) is 0 Å². The number of nitrogens with zero attached hydrogens (tertiary/aromatic N) is 2. The largest absolute Gasteiger partial charge is 0.388 e. The lowest BCUT2D eigenvalue weighted by Crippen LogP contribution is -2.36. The summed E-state index contributed by atoms with van der Waals surface area (Å²) >= 11 is 0. The minimum atomic E-state index is -0.664. The summed E-state index contributed by atoms with van der Waals surface area (Å²) in [7, 11) is 0. The average Bonchev–Trinajstić information content (AvgIpc) is 2.61. The molecule has 1 fully saturated rings. The predicted molar refractivity (Wildman–Crippen MR) is 79.6 cm³/mol. The fourth-order valence-corrected chi connectivity index (χ4v) is 2.92. The summed E-state index contributed by atoms with van der Waals surface area (Å²) < 4.78 is 0. The number of hydrogen-bond acceptors (Lipinski definition) is 4. The van der Waals surface area contributed by atoms with Crippen molar-refractivity contribution in [2.45, 2.75) is 58.0 Å². The van der Waals surface area contributed by atoms with Crippen LogP contribution in [-0.2, 0) is 0 Å². The Morgan fingerprint density at radius 1 is 1.30 bits per heavy atom. The molecule has 0 atom stereocenters. The van der Waals surface area contributed by atoms with Crippen LogP contribution in [-0.4, -0.2) is 22.2 Å². The molecule has 1 saturated carbocycles. The Bertz CT molecular complexity index is 511. The van der Waals surface area contributed by atoms with Crippen molar-refractivity contribution in [1.29, 1.82) is 5.26 Å². The van der Waals surface area contributed by atoms with Gasteiger partial charge in [0.1, 0.15) is 11.9 Å². The molecule has 0 spiro atoms. The highest BCUT2D eigenvalue weighted by molar-refractivity contribution is 5.56. The summed E-state index contributed by atoms with van der Waals surface area (Å²) in [5, 5.41) is 23.1. The van der Waals surface area contributed by atoms with Crippen molar-refractivity contribution in [1.82, 2.24) is 4.98 Å². The first kappa shape index (κ1) is 14.8. The van der Waals surface area contributed by atoms with Crippen LogP contribution in [0.3, 0.4) is 0 Å². The molecule has 2 N–H and O–H groups in total. The van der Waals surface area contributed by atoms with Gasteiger partial charge in [-0.25, -0.2) is 4.98 Å². The highest BCUT2D eigenvalue weighted by Crippen LogP contribution is 2.28. The molecule has 0 unspecified atom stereocenters. The molecule has 0 bridgehead atoms. The van der Waals surface area contributed by atoms with Gasteiger partial charge in [-0.05, 0) is 38.3 Å². The third kappa shape index (κ3) is 3.49. The van der Waals surface area contributed by atoms with Crippen molar-refractivity contribution < 1.29 is 5.11 Å². The minimum absolute atomic E-state index is 0.470. The number of nitrogens with one attached hydrogen (secondary N) is 1. The zero-order chi connectivity index (χ0) is 14.6. The molecule has 1 heterocycles. The van der Waals surface area contributed by atoms with E-state index < -0.39 is 5.60 Å². The number of hydrogen-bond donors (Lipinski definition) is 2. The van der Waals surface area contributed by atoms with E-state index in [0.29, 0.717) is 17.9 Å². The lowest BCUT2D eigenvalue weighted by molar-refractivity contribution is 0.0380. The van der Waals surface area contributed by atoms with Crippen LogP contribution in [0.1, 0.15) is 55.3 Å². The highest BCUT2D eigenvalue weighted by Gasteiger charge is 2.28. The van der Waals surface area contributed by atoms with Gasteiger partial charge in [-0.2, -0.15) is 5.26 Å². The second kappa shape index (κ2) is 6.23. The Hall–Kier alpha value is -1.60. The van der Waals surface area contributed by atoms with Crippen LogP contribution in [0.15, 0.2) is 6.07 Å². The number of rotatable bonds is 3. The second-order valence-corrected chi connectivity index (χ2v) is 5.91. The van der Waals surface area contributed by atoms with Gasteiger partial charge >= 0.3 is 0 Å². The molecule has 1 aromatic rings. The van der Waals surface area contributed by atoms with Gasteiger partial charge in [-0.3, -0.25) is 0 Å². The zero-order valence-corrected chi connectivity index (χ0v) is 12.4.